The third-order valence-electron chi connectivity index (χ3n) is 2.18. The van der Waals surface area contributed by atoms with Gasteiger partial charge in [0.05, 0.1) is 25.0 Å². The fraction of sp³-hybridized carbons (Fsp3) is 0.154. The molecule has 0 saturated carbocycles. The summed E-state index contributed by atoms with van der Waals surface area (Å²) < 4.78 is 10.2. The average Bonchev–Trinajstić information content (AvgIpc) is 2.33. The summed E-state index contributed by atoms with van der Waals surface area (Å²) in [7, 11) is 0. The highest BCUT2D eigenvalue weighted by molar-refractivity contribution is 5.13. The second kappa shape index (κ2) is 5.28. The van der Waals surface area contributed by atoms with Gasteiger partial charge in [-0.3, -0.25) is 0 Å². The SMILES string of the molecule is O=c1occcc1COCc1ccccc1. The van der Waals surface area contributed by atoms with Crippen LogP contribution in [0, 0.1) is 0 Å². The molecule has 1 aromatic carbocycles. The predicted molar refractivity (Wildman–Crippen MR) is 59.9 cm³/mol. The fourth-order valence-electron chi connectivity index (χ4n) is 1.36. The van der Waals surface area contributed by atoms with Crippen LogP contribution < -0.4 is 5.63 Å². The van der Waals surface area contributed by atoms with Gasteiger partial charge in [0.15, 0.2) is 0 Å². The maximum absolute atomic E-state index is 11.2. The summed E-state index contributed by atoms with van der Waals surface area (Å²) in [6, 6.07) is 13.2. The summed E-state index contributed by atoms with van der Waals surface area (Å²) >= 11 is 0. The lowest BCUT2D eigenvalue weighted by Crippen LogP contribution is -2.07. The normalized spacial score (nSPS) is 10.2. The van der Waals surface area contributed by atoms with Crippen molar-refractivity contribution in [2.24, 2.45) is 0 Å². The Kier molecular flexibility index (Phi) is 3.51. The van der Waals surface area contributed by atoms with E-state index in [4.69, 9.17) is 9.15 Å². The van der Waals surface area contributed by atoms with Gasteiger partial charge in [-0.1, -0.05) is 30.3 Å². The predicted octanol–water partition coefficient (Wildman–Crippen LogP) is 2.36. The largest absolute Gasteiger partial charge is 0.431 e. The van der Waals surface area contributed by atoms with Gasteiger partial charge in [0.25, 0.3) is 0 Å². The number of rotatable bonds is 4. The molecule has 0 aliphatic heterocycles. The zero-order chi connectivity index (χ0) is 11.2. The van der Waals surface area contributed by atoms with Crippen LogP contribution in [0.25, 0.3) is 0 Å². The molecule has 0 amide bonds. The zero-order valence-corrected chi connectivity index (χ0v) is 8.76. The van der Waals surface area contributed by atoms with Gasteiger partial charge in [-0.2, -0.15) is 0 Å². The topological polar surface area (TPSA) is 39.4 Å². The maximum atomic E-state index is 11.2. The Morgan fingerprint density at radius 1 is 1.00 bits per heavy atom. The van der Waals surface area contributed by atoms with Crippen molar-refractivity contribution in [3.63, 3.8) is 0 Å². The Hall–Kier alpha value is -1.87. The molecule has 0 unspecified atom stereocenters. The minimum absolute atomic E-state index is 0.276. The molecule has 16 heavy (non-hydrogen) atoms. The summed E-state index contributed by atoms with van der Waals surface area (Å²) in [5.74, 6) is 0. The number of benzene rings is 1. The first-order valence-corrected chi connectivity index (χ1v) is 5.04. The van der Waals surface area contributed by atoms with Crippen LogP contribution in [-0.4, -0.2) is 0 Å². The van der Waals surface area contributed by atoms with E-state index >= 15 is 0 Å². The third-order valence-corrected chi connectivity index (χ3v) is 2.18. The van der Waals surface area contributed by atoms with E-state index < -0.39 is 0 Å². The average molecular weight is 216 g/mol. The number of hydrogen-bond acceptors (Lipinski definition) is 3. The lowest BCUT2D eigenvalue weighted by Gasteiger charge is -2.02. The molecule has 1 aromatic heterocycles. The van der Waals surface area contributed by atoms with Crippen LogP contribution in [0.4, 0.5) is 0 Å². The Morgan fingerprint density at radius 3 is 2.56 bits per heavy atom. The molecule has 2 rings (SSSR count). The molecular weight excluding hydrogens is 204 g/mol. The van der Waals surface area contributed by atoms with E-state index in [1.807, 2.05) is 30.3 Å². The van der Waals surface area contributed by atoms with Gasteiger partial charge in [-0.15, -0.1) is 0 Å². The number of hydrogen-bond donors (Lipinski definition) is 0. The maximum Gasteiger partial charge on any atom is 0.341 e. The molecule has 0 fully saturated rings. The van der Waals surface area contributed by atoms with E-state index in [9.17, 15) is 4.79 Å². The Labute approximate surface area is 93.3 Å². The molecule has 3 nitrogen and oxygen atoms in total. The molecule has 82 valence electrons. The minimum Gasteiger partial charge on any atom is -0.431 e. The second-order valence-electron chi connectivity index (χ2n) is 3.40. The van der Waals surface area contributed by atoms with Crippen molar-refractivity contribution in [2.75, 3.05) is 0 Å². The van der Waals surface area contributed by atoms with Gasteiger partial charge in [0.2, 0.25) is 0 Å². The quantitative estimate of drug-likeness (QED) is 0.787. The molecule has 0 radical (unpaired) electrons. The Morgan fingerprint density at radius 2 is 1.81 bits per heavy atom. The minimum atomic E-state index is -0.337. The van der Waals surface area contributed by atoms with Crippen molar-refractivity contribution in [1.82, 2.24) is 0 Å². The van der Waals surface area contributed by atoms with Gasteiger partial charge >= 0.3 is 5.63 Å². The summed E-state index contributed by atoms with van der Waals surface area (Å²) in [6.07, 6.45) is 1.36. The molecule has 1 heterocycles. The molecule has 0 spiro atoms. The molecule has 0 bridgehead atoms. The summed E-state index contributed by atoms with van der Waals surface area (Å²) in [6.45, 7) is 0.771. The molecule has 0 aliphatic rings. The van der Waals surface area contributed by atoms with E-state index in [2.05, 4.69) is 0 Å². The summed E-state index contributed by atoms with van der Waals surface area (Å²) in [4.78, 5) is 11.2. The smallest absolute Gasteiger partial charge is 0.341 e. The summed E-state index contributed by atoms with van der Waals surface area (Å²) in [5, 5.41) is 0. The monoisotopic (exact) mass is 216 g/mol. The van der Waals surface area contributed by atoms with Crippen LogP contribution in [0.2, 0.25) is 0 Å². The van der Waals surface area contributed by atoms with E-state index in [-0.39, 0.29) is 12.2 Å². The Bertz CT molecular complexity index is 488. The highest BCUT2D eigenvalue weighted by atomic mass is 16.5. The van der Waals surface area contributed by atoms with Gasteiger partial charge in [-0.05, 0) is 17.7 Å². The number of ether oxygens (including phenoxy) is 1. The first-order valence-electron chi connectivity index (χ1n) is 5.04. The van der Waals surface area contributed by atoms with Crippen molar-refractivity contribution >= 4 is 0 Å². The lowest BCUT2D eigenvalue weighted by atomic mass is 10.2. The first kappa shape index (κ1) is 10.6. The van der Waals surface area contributed by atoms with Gasteiger partial charge in [-0.25, -0.2) is 4.79 Å². The lowest BCUT2D eigenvalue weighted by molar-refractivity contribution is 0.105. The van der Waals surface area contributed by atoms with Crippen molar-refractivity contribution in [3.05, 3.63) is 70.3 Å². The molecule has 0 aliphatic carbocycles. The molecule has 0 saturated heterocycles. The van der Waals surface area contributed by atoms with Crippen molar-refractivity contribution in [3.8, 4) is 0 Å². The van der Waals surface area contributed by atoms with Crippen LogP contribution in [0.5, 0.6) is 0 Å². The molecule has 3 heteroatoms. The van der Waals surface area contributed by atoms with Crippen molar-refractivity contribution in [1.29, 1.82) is 0 Å². The van der Waals surface area contributed by atoms with Crippen molar-refractivity contribution in [2.45, 2.75) is 13.2 Å². The van der Waals surface area contributed by atoms with Crippen molar-refractivity contribution < 1.29 is 9.15 Å². The first-order chi connectivity index (χ1) is 7.86. The highest BCUT2D eigenvalue weighted by Gasteiger charge is 1.99. The van der Waals surface area contributed by atoms with Gasteiger partial charge in [0, 0.05) is 0 Å². The van der Waals surface area contributed by atoms with E-state index in [1.165, 1.54) is 6.26 Å². The molecule has 2 aromatic rings. The van der Waals surface area contributed by atoms with E-state index in [1.54, 1.807) is 12.1 Å². The highest BCUT2D eigenvalue weighted by Crippen LogP contribution is 2.02. The van der Waals surface area contributed by atoms with Crippen LogP contribution in [0.15, 0.2) is 57.9 Å². The molecular formula is C13H12O3. The van der Waals surface area contributed by atoms with Crippen LogP contribution in [-0.2, 0) is 18.0 Å². The third kappa shape index (κ3) is 2.81. The standard InChI is InChI=1S/C13H12O3/c14-13-12(7-4-8-16-13)10-15-9-11-5-2-1-3-6-11/h1-8H,9-10H2. The van der Waals surface area contributed by atoms with Crippen LogP contribution in [0.1, 0.15) is 11.1 Å². The second-order valence-corrected chi connectivity index (χ2v) is 3.40. The molecule has 0 N–H and O–H groups in total. The van der Waals surface area contributed by atoms with E-state index in [0.717, 1.165) is 5.56 Å². The summed E-state index contributed by atoms with van der Waals surface area (Å²) in [5.41, 5.74) is 1.29. The molecule has 0 atom stereocenters. The fourth-order valence-corrected chi connectivity index (χ4v) is 1.36. The van der Waals surface area contributed by atoms with Gasteiger partial charge in [0.1, 0.15) is 0 Å². The van der Waals surface area contributed by atoms with Crippen LogP contribution >= 0.6 is 0 Å². The Balaban J connectivity index is 1.90. The van der Waals surface area contributed by atoms with E-state index in [0.29, 0.717) is 12.2 Å². The van der Waals surface area contributed by atoms with Gasteiger partial charge < -0.3 is 9.15 Å². The zero-order valence-electron chi connectivity index (χ0n) is 8.76. The van der Waals surface area contributed by atoms with Crippen LogP contribution in [0.3, 0.4) is 0 Å².